The van der Waals surface area contributed by atoms with Crippen LogP contribution in [-0.4, -0.2) is 35.7 Å². The van der Waals surface area contributed by atoms with Gasteiger partial charge in [0.1, 0.15) is 0 Å². The summed E-state index contributed by atoms with van der Waals surface area (Å²) in [5, 5.41) is 14.9. The minimum Gasteiger partial charge on any atom is -0.425 e. The number of nitrogens with zero attached hydrogens (tertiary/aromatic N) is 2. The standard InChI is InChI=1S/C22H38N4O2/c1-14(2)19-11-17(12-20-25-26-21(28-20)22(5,6)7)15(3)10-18(19)13-23-8-9-24-16(4)27/h10,14,17-19,23H,8-9,11-13H2,1-7H3,(H,24,27). The van der Waals surface area contributed by atoms with E-state index in [1.807, 2.05) is 0 Å². The molecule has 6 nitrogen and oxygen atoms in total. The van der Waals surface area contributed by atoms with Crippen LogP contribution in [0.3, 0.4) is 0 Å². The quantitative estimate of drug-likeness (QED) is 0.525. The number of aromatic nitrogens is 2. The number of allylic oxidation sites excluding steroid dienone is 1. The van der Waals surface area contributed by atoms with Gasteiger partial charge in [-0.1, -0.05) is 46.3 Å². The molecule has 1 heterocycles. The fraction of sp³-hybridized carbons (Fsp3) is 0.773. The molecule has 2 N–H and O–H groups in total. The molecule has 0 fully saturated rings. The van der Waals surface area contributed by atoms with Gasteiger partial charge in [-0.25, -0.2) is 0 Å². The number of hydrogen-bond donors (Lipinski definition) is 2. The molecule has 0 spiro atoms. The minimum atomic E-state index is -0.114. The molecule has 0 aromatic carbocycles. The first-order chi connectivity index (χ1) is 13.1. The molecule has 28 heavy (non-hydrogen) atoms. The lowest BCUT2D eigenvalue weighted by molar-refractivity contribution is -0.118. The minimum absolute atomic E-state index is 0.0220. The van der Waals surface area contributed by atoms with Crippen LogP contribution < -0.4 is 10.6 Å². The van der Waals surface area contributed by atoms with Gasteiger partial charge in [-0.05, 0) is 37.0 Å². The van der Waals surface area contributed by atoms with Gasteiger partial charge in [0.15, 0.2) is 0 Å². The van der Waals surface area contributed by atoms with E-state index in [0.717, 1.165) is 31.8 Å². The maximum atomic E-state index is 11.0. The highest BCUT2D eigenvalue weighted by molar-refractivity contribution is 5.72. The molecular weight excluding hydrogens is 352 g/mol. The Bertz CT molecular complexity index is 672. The molecule has 6 heteroatoms. The van der Waals surface area contributed by atoms with Crippen molar-refractivity contribution in [3.63, 3.8) is 0 Å². The number of amides is 1. The normalized spacial score (nSPS) is 23.0. The van der Waals surface area contributed by atoms with Crippen molar-refractivity contribution in [2.75, 3.05) is 19.6 Å². The van der Waals surface area contributed by atoms with Gasteiger partial charge in [-0.15, -0.1) is 10.2 Å². The van der Waals surface area contributed by atoms with Gasteiger partial charge in [-0.2, -0.15) is 0 Å². The predicted molar refractivity (Wildman–Crippen MR) is 112 cm³/mol. The van der Waals surface area contributed by atoms with Gasteiger partial charge < -0.3 is 15.1 Å². The summed E-state index contributed by atoms with van der Waals surface area (Å²) in [4.78, 5) is 11.0. The van der Waals surface area contributed by atoms with Crippen molar-refractivity contribution >= 4 is 5.91 Å². The van der Waals surface area contributed by atoms with Crippen molar-refractivity contribution < 1.29 is 9.21 Å². The molecule has 1 amide bonds. The van der Waals surface area contributed by atoms with Crippen LogP contribution in [-0.2, 0) is 16.6 Å². The van der Waals surface area contributed by atoms with E-state index in [1.54, 1.807) is 6.92 Å². The van der Waals surface area contributed by atoms with E-state index in [9.17, 15) is 4.79 Å². The molecule has 1 aromatic heterocycles. The molecule has 1 aliphatic carbocycles. The largest absolute Gasteiger partial charge is 0.425 e. The monoisotopic (exact) mass is 390 g/mol. The van der Waals surface area contributed by atoms with Gasteiger partial charge in [0, 0.05) is 38.4 Å². The fourth-order valence-electron chi connectivity index (χ4n) is 3.95. The maximum absolute atomic E-state index is 11.0. The van der Waals surface area contributed by atoms with Crippen LogP contribution in [0.1, 0.15) is 66.7 Å². The smallest absolute Gasteiger partial charge is 0.221 e. The van der Waals surface area contributed by atoms with Gasteiger partial charge in [0.25, 0.3) is 0 Å². The second-order valence-corrected chi connectivity index (χ2v) is 9.56. The SMILES string of the molecule is CC(=O)NCCNCC1C=C(C)C(Cc2nnc(C(C)(C)C)o2)CC1C(C)C. The van der Waals surface area contributed by atoms with Crippen LogP contribution in [0.2, 0.25) is 0 Å². The summed E-state index contributed by atoms with van der Waals surface area (Å²) in [7, 11) is 0. The van der Waals surface area contributed by atoms with Crippen molar-refractivity contribution in [1.82, 2.24) is 20.8 Å². The summed E-state index contributed by atoms with van der Waals surface area (Å²) in [6, 6.07) is 0. The molecule has 0 saturated carbocycles. The zero-order chi connectivity index (χ0) is 20.9. The molecule has 0 bridgehead atoms. The highest BCUT2D eigenvalue weighted by atomic mass is 16.4. The van der Waals surface area contributed by atoms with Crippen LogP contribution in [0.5, 0.6) is 0 Å². The Morgan fingerprint density at radius 1 is 1.29 bits per heavy atom. The van der Waals surface area contributed by atoms with Crippen molar-refractivity contribution in [2.24, 2.45) is 23.7 Å². The number of rotatable bonds is 8. The Hall–Kier alpha value is -1.69. The average molecular weight is 391 g/mol. The highest BCUT2D eigenvalue weighted by Gasteiger charge is 2.32. The van der Waals surface area contributed by atoms with E-state index in [-0.39, 0.29) is 11.3 Å². The summed E-state index contributed by atoms with van der Waals surface area (Å²) in [6.45, 7) is 17.1. The fourth-order valence-corrected chi connectivity index (χ4v) is 3.95. The molecule has 3 atom stereocenters. The lowest BCUT2D eigenvalue weighted by Gasteiger charge is -2.37. The van der Waals surface area contributed by atoms with Crippen LogP contribution in [0.15, 0.2) is 16.1 Å². The third-order valence-corrected chi connectivity index (χ3v) is 5.67. The van der Waals surface area contributed by atoms with Crippen LogP contribution in [0.25, 0.3) is 0 Å². The molecule has 3 unspecified atom stereocenters. The molecule has 0 aliphatic heterocycles. The van der Waals surface area contributed by atoms with Crippen LogP contribution >= 0.6 is 0 Å². The summed E-state index contributed by atoms with van der Waals surface area (Å²) in [5.74, 6) is 3.68. The summed E-state index contributed by atoms with van der Waals surface area (Å²) < 4.78 is 5.94. The summed E-state index contributed by atoms with van der Waals surface area (Å²) in [5.41, 5.74) is 1.30. The van der Waals surface area contributed by atoms with Crippen LogP contribution in [0.4, 0.5) is 0 Å². The lowest BCUT2D eigenvalue weighted by atomic mass is 9.70. The summed E-state index contributed by atoms with van der Waals surface area (Å²) >= 11 is 0. The predicted octanol–water partition coefficient (Wildman–Crippen LogP) is 3.49. The topological polar surface area (TPSA) is 80.0 Å². The number of hydrogen-bond acceptors (Lipinski definition) is 5. The first kappa shape index (κ1) is 22.6. The first-order valence-corrected chi connectivity index (χ1v) is 10.5. The van der Waals surface area contributed by atoms with E-state index in [2.05, 4.69) is 68.4 Å². The Labute approximate surface area is 169 Å². The number of carbonyl (C=O) groups excluding carboxylic acids is 1. The number of nitrogens with one attached hydrogen (secondary N) is 2. The molecule has 0 saturated heterocycles. The Morgan fingerprint density at radius 2 is 2.00 bits per heavy atom. The second kappa shape index (κ2) is 9.68. The Morgan fingerprint density at radius 3 is 2.57 bits per heavy atom. The van der Waals surface area contributed by atoms with E-state index in [4.69, 9.17) is 4.42 Å². The highest BCUT2D eigenvalue weighted by Crippen LogP contribution is 2.38. The van der Waals surface area contributed by atoms with E-state index in [1.165, 1.54) is 5.57 Å². The molecule has 2 rings (SSSR count). The lowest BCUT2D eigenvalue weighted by Crippen LogP contribution is -2.37. The van der Waals surface area contributed by atoms with Gasteiger partial charge in [0.2, 0.25) is 17.7 Å². The zero-order valence-electron chi connectivity index (χ0n) is 18.6. The van der Waals surface area contributed by atoms with Gasteiger partial charge in [0.05, 0.1) is 0 Å². The molecule has 158 valence electrons. The first-order valence-electron chi connectivity index (χ1n) is 10.5. The third kappa shape index (κ3) is 6.43. The van der Waals surface area contributed by atoms with Gasteiger partial charge in [-0.3, -0.25) is 4.79 Å². The molecule has 1 aliphatic rings. The maximum Gasteiger partial charge on any atom is 0.221 e. The van der Waals surface area contributed by atoms with Crippen molar-refractivity contribution in [2.45, 2.75) is 66.7 Å². The van der Waals surface area contributed by atoms with E-state index in [0.29, 0.717) is 36.1 Å². The van der Waals surface area contributed by atoms with Crippen molar-refractivity contribution in [3.05, 3.63) is 23.4 Å². The zero-order valence-corrected chi connectivity index (χ0v) is 18.6. The van der Waals surface area contributed by atoms with Crippen molar-refractivity contribution in [1.29, 1.82) is 0 Å². The van der Waals surface area contributed by atoms with Crippen LogP contribution in [0, 0.1) is 23.7 Å². The summed E-state index contributed by atoms with van der Waals surface area (Å²) in [6.07, 6.45) is 4.40. The van der Waals surface area contributed by atoms with E-state index >= 15 is 0 Å². The second-order valence-electron chi connectivity index (χ2n) is 9.56. The average Bonchev–Trinajstić information content (AvgIpc) is 3.05. The molecule has 1 aromatic rings. The Balaban J connectivity index is 1.99. The number of carbonyl (C=O) groups is 1. The molecular formula is C22H38N4O2. The molecule has 0 radical (unpaired) electrons. The van der Waals surface area contributed by atoms with E-state index < -0.39 is 0 Å². The Kier molecular flexibility index (Phi) is 7.81. The third-order valence-electron chi connectivity index (χ3n) is 5.67. The van der Waals surface area contributed by atoms with Crippen molar-refractivity contribution in [3.8, 4) is 0 Å². The van der Waals surface area contributed by atoms with Gasteiger partial charge >= 0.3 is 0 Å².